The van der Waals surface area contributed by atoms with Gasteiger partial charge < -0.3 is 10.2 Å². The third kappa shape index (κ3) is 4.99. The number of anilines is 1. The number of aromatic nitrogens is 3. The van der Waals surface area contributed by atoms with Crippen LogP contribution in [0, 0.1) is 5.82 Å². The number of carbonyl (C=O) groups is 1. The Bertz CT molecular complexity index is 971. The molecule has 0 bridgehead atoms. The van der Waals surface area contributed by atoms with E-state index in [-0.39, 0.29) is 17.5 Å². The highest BCUT2D eigenvalue weighted by Crippen LogP contribution is 2.28. The molecule has 0 radical (unpaired) electrons. The molecule has 0 saturated carbocycles. The molecule has 8 heteroatoms. The van der Waals surface area contributed by atoms with Crippen LogP contribution in [0.1, 0.15) is 24.8 Å². The molecule has 1 aliphatic rings. The fourth-order valence-electron chi connectivity index (χ4n) is 3.44. The van der Waals surface area contributed by atoms with Gasteiger partial charge in [-0.15, -0.1) is 10.2 Å². The molecule has 3 aromatic rings. The number of rotatable bonds is 7. The van der Waals surface area contributed by atoms with Crippen molar-refractivity contribution in [2.24, 2.45) is 0 Å². The van der Waals surface area contributed by atoms with E-state index < -0.39 is 0 Å². The lowest BCUT2D eigenvalue weighted by molar-refractivity contribution is -0.118. The molecule has 1 aromatic heterocycles. The van der Waals surface area contributed by atoms with E-state index >= 15 is 0 Å². The first kappa shape index (κ1) is 20.4. The van der Waals surface area contributed by atoms with Crippen molar-refractivity contribution in [2.45, 2.75) is 31.0 Å². The summed E-state index contributed by atoms with van der Waals surface area (Å²) < 4.78 is 15.0. The summed E-state index contributed by atoms with van der Waals surface area (Å²) in [6.45, 7) is 2.30. The minimum Gasteiger partial charge on any atom is -0.351 e. The van der Waals surface area contributed by atoms with Gasteiger partial charge in [0.05, 0.1) is 11.4 Å². The summed E-state index contributed by atoms with van der Waals surface area (Å²) in [4.78, 5) is 14.6. The van der Waals surface area contributed by atoms with Crippen molar-refractivity contribution in [2.75, 3.05) is 23.7 Å². The zero-order valence-electron chi connectivity index (χ0n) is 16.6. The summed E-state index contributed by atoms with van der Waals surface area (Å²) in [5.74, 6) is 0.665. The summed E-state index contributed by atoms with van der Waals surface area (Å²) in [7, 11) is 0. The van der Waals surface area contributed by atoms with Crippen LogP contribution in [0.15, 0.2) is 59.8 Å². The van der Waals surface area contributed by atoms with E-state index in [9.17, 15) is 9.18 Å². The van der Waals surface area contributed by atoms with Crippen LogP contribution in [0.4, 0.5) is 10.3 Å². The van der Waals surface area contributed by atoms with Gasteiger partial charge in [-0.25, -0.2) is 4.39 Å². The van der Waals surface area contributed by atoms with Gasteiger partial charge in [-0.05, 0) is 49.1 Å². The fraction of sp³-hybridized carbons (Fsp3) is 0.318. The highest BCUT2D eigenvalue weighted by atomic mass is 32.2. The van der Waals surface area contributed by atoms with Gasteiger partial charge in [0.15, 0.2) is 5.16 Å². The van der Waals surface area contributed by atoms with Crippen molar-refractivity contribution in [1.29, 1.82) is 0 Å². The maximum Gasteiger partial charge on any atom is 0.232 e. The molecular weight excluding hydrogens is 401 g/mol. The van der Waals surface area contributed by atoms with Gasteiger partial charge in [-0.2, -0.15) is 0 Å². The van der Waals surface area contributed by atoms with Gasteiger partial charge >= 0.3 is 0 Å². The van der Waals surface area contributed by atoms with Crippen LogP contribution in [0.5, 0.6) is 0 Å². The SMILES string of the molecule is O=C(CSc1nnc(N2CCCCC2)n1-c1ccccc1)NCc1ccc(F)cc1. The Labute approximate surface area is 179 Å². The number of carbonyl (C=O) groups excluding carboxylic acids is 1. The Hall–Kier alpha value is -2.87. The van der Waals surface area contributed by atoms with Crippen LogP contribution >= 0.6 is 11.8 Å². The zero-order valence-corrected chi connectivity index (χ0v) is 17.4. The van der Waals surface area contributed by atoms with Crippen molar-refractivity contribution in [3.05, 3.63) is 66.0 Å². The molecule has 1 N–H and O–H groups in total. The van der Waals surface area contributed by atoms with Crippen LogP contribution in [0.3, 0.4) is 0 Å². The Morgan fingerprint density at radius 1 is 1.00 bits per heavy atom. The second kappa shape index (κ2) is 9.75. The Morgan fingerprint density at radius 3 is 2.47 bits per heavy atom. The zero-order chi connectivity index (χ0) is 20.8. The molecule has 2 aromatic carbocycles. The van der Waals surface area contributed by atoms with Crippen molar-refractivity contribution in [3.8, 4) is 5.69 Å². The lowest BCUT2D eigenvalue weighted by Crippen LogP contribution is -2.31. The number of nitrogens with one attached hydrogen (secondary N) is 1. The molecular formula is C22H24FN5OS. The number of hydrogen-bond acceptors (Lipinski definition) is 5. The van der Waals surface area contributed by atoms with Gasteiger partial charge in [-0.3, -0.25) is 9.36 Å². The van der Waals surface area contributed by atoms with E-state index in [1.54, 1.807) is 12.1 Å². The molecule has 0 spiro atoms. The molecule has 30 heavy (non-hydrogen) atoms. The number of piperidine rings is 1. The molecule has 6 nitrogen and oxygen atoms in total. The monoisotopic (exact) mass is 425 g/mol. The number of halogens is 1. The van der Waals surface area contributed by atoms with Gasteiger partial charge in [-0.1, -0.05) is 42.1 Å². The highest BCUT2D eigenvalue weighted by Gasteiger charge is 2.22. The molecule has 4 rings (SSSR count). The molecule has 1 saturated heterocycles. The summed E-state index contributed by atoms with van der Waals surface area (Å²) in [6.07, 6.45) is 3.54. The maximum atomic E-state index is 13.0. The predicted octanol–water partition coefficient (Wildman–Crippen LogP) is 3.81. The van der Waals surface area contributed by atoms with Crippen LogP contribution < -0.4 is 10.2 Å². The second-order valence-corrected chi connectivity index (χ2v) is 8.14. The lowest BCUT2D eigenvalue weighted by atomic mass is 10.1. The van der Waals surface area contributed by atoms with E-state index in [0.717, 1.165) is 43.1 Å². The summed E-state index contributed by atoms with van der Waals surface area (Å²) in [5.41, 5.74) is 1.84. The van der Waals surface area contributed by atoms with Crippen molar-refractivity contribution < 1.29 is 9.18 Å². The number of hydrogen-bond donors (Lipinski definition) is 1. The largest absolute Gasteiger partial charge is 0.351 e. The number of thioether (sulfide) groups is 1. The van der Waals surface area contributed by atoms with E-state index in [0.29, 0.717) is 11.7 Å². The Morgan fingerprint density at radius 2 is 1.73 bits per heavy atom. The fourth-order valence-corrected chi connectivity index (χ4v) is 4.22. The standard InChI is InChI=1S/C22H24FN5OS/c23-18-11-9-17(10-12-18)15-24-20(29)16-30-22-26-25-21(27-13-5-2-6-14-27)28(22)19-7-3-1-4-8-19/h1,3-4,7-12H,2,5-6,13-16H2,(H,24,29). The van der Waals surface area contributed by atoms with Crippen molar-refractivity contribution in [1.82, 2.24) is 20.1 Å². The smallest absolute Gasteiger partial charge is 0.232 e. The first-order valence-corrected chi connectivity index (χ1v) is 11.1. The van der Waals surface area contributed by atoms with Gasteiger partial charge in [0.25, 0.3) is 0 Å². The molecule has 0 aliphatic carbocycles. The summed E-state index contributed by atoms with van der Waals surface area (Å²) in [5, 5.41) is 12.4. The van der Waals surface area contributed by atoms with Crippen LogP contribution in [-0.2, 0) is 11.3 Å². The third-order valence-corrected chi connectivity index (χ3v) is 5.93. The Balaban J connectivity index is 1.44. The van der Waals surface area contributed by atoms with Crippen LogP contribution in [0.25, 0.3) is 5.69 Å². The molecule has 0 atom stereocenters. The second-order valence-electron chi connectivity index (χ2n) is 7.19. The topological polar surface area (TPSA) is 63.1 Å². The normalized spacial score (nSPS) is 14.0. The van der Waals surface area contributed by atoms with Crippen LogP contribution in [-0.4, -0.2) is 39.5 Å². The number of nitrogens with zero attached hydrogens (tertiary/aromatic N) is 4. The lowest BCUT2D eigenvalue weighted by Gasteiger charge is -2.27. The first-order chi connectivity index (χ1) is 14.7. The van der Waals surface area contributed by atoms with Gasteiger partial charge in [0.2, 0.25) is 11.9 Å². The molecule has 1 fully saturated rings. The maximum absolute atomic E-state index is 13.0. The minimum atomic E-state index is -0.287. The Kier molecular flexibility index (Phi) is 6.63. The first-order valence-electron chi connectivity index (χ1n) is 10.1. The third-order valence-electron chi connectivity index (χ3n) is 5.00. The molecule has 0 unspecified atom stereocenters. The number of benzene rings is 2. The van der Waals surface area contributed by atoms with E-state index in [4.69, 9.17) is 0 Å². The molecule has 1 amide bonds. The minimum absolute atomic E-state index is 0.105. The summed E-state index contributed by atoms with van der Waals surface area (Å²) >= 11 is 1.36. The predicted molar refractivity (Wildman–Crippen MR) is 116 cm³/mol. The quantitative estimate of drug-likeness (QED) is 0.584. The van der Waals surface area contributed by atoms with Crippen molar-refractivity contribution in [3.63, 3.8) is 0 Å². The van der Waals surface area contributed by atoms with Crippen molar-refractivity contribution >= 4 is 23.6 Å². The van der Waals surface area contributed by atoms with Gasteiger partial charge in [0, 0.05) is 19.6 Å². The highest BCUT2D eigenvalue weighted by molar-refractivity contribution is 7.99. The van der Waals surface area contributed by atoms with Crippen LogP contribution in [0.2, 0.25) is 0 Å². The number of para-hydroxylation sites is 1. The van der Waals surface area contributed by atoms with Gasteiger partial charge in [0.1, 0.15) is 5.82 Å². The average molecular weight is 426 g/mol. The number of amides is 1. The van der Waals surface area contributed by atoms with E-state index in [1.165, 1.54) is 30.3 Å². The average Bonchev–Trinajstić information content (AvgIpc) is 3.22. The summed E-state index contributed by atoms with van der Waals surface area (Å²) in [6, 6.07) is 16.1. The van der Waals surface area contributed by atoms with E-state index in [2.05, 4.69) is 20.4 Å². The molecule has 2 heterocycles. The van der Waals surface area contributed by atoms with E-state index in [1.807, 2.05) is 34.9 Å². The molecule has 1 aliphatic heterocycles. The molecule has 156 valence electrons.